The van der Waals surface area contributed by atoms with Gasteiger partial charge in [-0.05, 0) is 116 Å². The van der Waals surface area contributed by atoms with E-state index in [0.717, 1.165) is 131 Å². The molecule has 4 aliphatic heterocycles. The van der Waals surface area contributed by atoms with Gasteiger partial charge in [-0.2, -0.15) is 0 Å². The Balaban J connectivity index is 0.000000162. The number of imidazole rings is 2. The fourth-order valence-electron chi connectivity index (χ4n) is 9.66. The molecule has 0 radical (unpaired) electrons. The number of carbonyl (C=O) groups is 2. The average molecular weight is 869 g/mol. The highest BCUT2D eigenvalue weighted by Gasteiger charge is 2.30. The lowest BCUT2D eigenvalue weighted by Gasteiger charge is -2.28. The first-order chi connectivity index (χ1) is 31.3. The molecule has 4 aliphatic rings. The van der Waals surface area contributed by atoms with Gasteiger partial charge in [0.15, 0.2) is 0 Å². The predicted octanol–water partition coefficient (Wildman–Crippen LogP) is 7.26. The molecule has 64 heavy (non-hydrogen) atoms. The van der Waals surface area contributed by atoms with Gasteiger partial charge in [0.25, 0.3) is 0 Å². The monoisotopic (exact) mass is 868 g/mol. The van der Waals surface area contributed by atoms with Crippen LogP contribution in [0.25, 0.3) is 22.1 Å². The minimum atomic E-state index is -0.339. The van der Waals surface area contributed by atoms with Gasteiger partial charge in [0.2, 0.25) is 0 Å². The summed E-state index contributed by atoms with van der Waals surface area (Å²) in [6.07, 6.45) is 5.86. The van der Waals surface area contributed by atoms with E-state index in [0.29, 0.717) is 23.0 Å². The Labute approximate surface area is 374 Å². The highest BCUT2D eigenvalue weighted by atomic mass is 16.5. The molecule has 1 N–H and O–H groups in total. The van der Waals surface area contributed by atoms with E-state index in [1.807, 2.05) is 36.4 Å². The SMILES string of the molecule is CCc1cccc([C@@H]2CCN(Cc3nc4ccc(C(=O)OC)cc4n3C[C@@H]3CCO3)C2)c1.COC(=O)c1ccc2nc(CN3CC[C@@H](c4cccc(CO)c4)C3)n(C[C@@H]3CCO3)c2c1. The van der Waals surface area contributed by atoms with Crippen LogP contribution < -0.4 is 0 Å². The summed E-state index contributed by atoms with van der Waals surface area (Å²) in [5.41, 5.74) is 9.93. The molecule has 0 aliphatic carbocycles. The number of likely N-dealkylation sites (tertiary alicyclic amines) is 2. The number of esters is 2. The average Bonchev–Trinajstić information content (AvgIpc) is 4.11. The molecule has 6 aromatic rings. The quantitative estimate of drug-likeness (QED) is 0.111. The summed E-state index contributed by atoms with van der Waals surface area (Å²) in [6.45, 7) is 11.1. The number of nitrogens with zero attached hydrogens (tertiary/aromatic N) is 6. The highest BCUT2D eigenvalue weighted by Crippen LogP contribution is 2.32. The van der Waals surface area contributed by atoms with Gasteiger partial charge in [-0.1, -0.05) is 55.5 Å². The van der Waals surface area contributed by atoms with E-state index in [2.05, 4.69) is 62.3 Å². The van der Waals surface area contributed by atoms with Crippen LogP contribution in [0.2, 0.25) is 0 Å². The number of benzene rings is 4. The molecule has 6 heterocycles. The number of aliphatic hydroxyl groups excluding tert-OH is 1. The van der Waals surface area contributed by atoms with E-state index in [-0.39, 0.29) is 30.8 Å². The summed E-state index contributed by atoms with van der Waals surface area (Å²) < 4.78 is 25.7. The van der Waals surface area contributed by atoms with Gasteiger partial charge in [0, 0.05) is 26.3 Å². The molecule has 336 valence electrons. The number of aromatic nitrogens is 4. The third-order valence-electron chi connectivity index (χ3n) is 13.6. The van der Waals surface area contributed by atoms with E-state index in [9.17, 15) is 14.7 Å². The van der Waals surface area contributed by atoms with Crippen LogP contribution in [0.1, 0.15) is 99.1 Å². The van der Waals surface area contributed by atoms with Crippen molar-refractivity contribution in [2.45, 2.75) is 95.9 Å². The predicted molar refractivity (Wildman–Crippen MR) is 244 cm³/mol. The Morgan fingerprint density at radius 3 is 1.55 bits per heavy atom. The van der Waals surface area contributed by atoms with Crippen LogP contribution >= 0.6 is 0 Å². The third-order valence-corrected chi connectivity index (χ3v) is 13.6. The van der Waals surface area contributed by atoms with E-state index in [4.69, 9.17) is 28.9 Å². The molecular weight excluding hydrogens is 809 g/mol. The summed E-state index contributed by atoms with van der Waals surface area (Å²) in [6, 6.07) is 28.5. The maximum absolute atomic E-state index is 12.1. The molecule has 10 rings (SSSR count). The minimum absolute atomic E-state index is 0.0745. The van der Waals surface area contributed by atoms with Crippen LogP contribution in [0.5, 0.6) is 0 Å². The smallest absolute Gasteiger partial charge is 0.337 e. The number of fused-ring (bicyclic) bond motifs is 2. The first-order valence-electron chi connectivity index (χ1n) is 22.9. The number of ether oxygens (including phenoxy) is 4. The Morgan fingerprint density at radius 2 is 1.12 bits per heavy atom. The Morgan fingerprint density at radius 1 is 0.656 bits per heavy atom. The van der Waals surface area contributed by atoms with Gasteiger partial charge in [-0.15, -0.1) is 0 Å². The summed E-state index contributed by atoms with van der Waals surface area (Å²) in [5.74, 6) is 2.41. The van der Waals surface area contributed by atoms with Crippen LogP contribution in [-0.2, 0) is 58.2 Å². The van der Waals surface area contributed by atoms with Crippen molar-refractivity contribution in [3.05, 3.63) is 130 Å². The Hall–Kier alpha value is -5.44. The number of rotatable bonds is 14. The molecule has 4 saturated heterocycles. The zero-order valence-corrected chi connectivity index (χ0v) is 37.3. The zero-order valence-electron chi connectivity index (χ0n) is 37.3. The fourth-order valence-corrected chi connectivity index (χ4v) is 9.66. The third kappa shape index (κ3) is 9.64. The molecule has 0 bridgehead atoms. The van der Waals surface area contributed by atoms with Gasteiger partial charge >= 0.3 is 11.9 Å². The second-order valence-corrected chi connectivity index (χ2v) is 17.7. The molecule has 0 amide bonds. The summed E-state index contributed by atoms with van der Waals surface area (Å²) in [4.78, 5) is 39.0. The Bertz CT molecular complexity index is 2420. The molecule has 13 heteroatoms. The van der Waals surface area contributed by atoms with Crippen molar-refractivity contribution in [3.63, 3.8) is 0 Å². The number of methoxy groups -OCH3 is 2. The minimum Gasteiger partial charge on any atom is -0.465 e. The van der Waals surface area contributed by atoms with E-state index >= 15 is 0 Å². The highest BCUT2D eigenvalue weighted by molar-refractivity contribution is 5.94. The summed E-state index contributed by atoms with van der Waals surface area (Å²) in [7, 11) is 2.81. The van der Waals surface area contributed by atoms with E-state index in [1.54, 1.807) is 12.1 Å². The molecule has 13 nitrogen and oxygen atoms in total. The van der Waals surface area contributed by atoms with Crippen molar-refractivity contribution in [2.75, 3.05) is 53.6 Å². The molecule has 0 unspecified atom stereocenters. The molecule has 4 fully saturated rings. The number of hydrogen-bond acceptors (Lipinski definition) is 11. The second-order valence-electron chi connectivity index (χ2n) is 17.7. The topological polar surface area (TPSA) is 133 Å². The van der Waals surface area contributed by atoms with E-state index < -0.39 is 0 Å². The first-order valence-corrected chi connectivity index (χ1v) is 22.9. The second kappa shape index (κ2) is 19.7. The van der Waals surface area contributed by atoms with Gasteiger partial charge in [-0.3, -0.25) is 9.80 Å². The molecular formula is C51H60N6O7. The van der Waals surface area contributed by atoms with Crippen LogP contribution in [0.15, 0.2) is 84.9 Å². The van der Waals surface area contributed by atoms with Crippen molar-refractivity contribution < 1.29 is 33.6 Å². The van der Waals surface area contributed by atoms with Crippen molar-refractivity contribution in [1.29, 1.82) is 0 Å². The standard InChI is InChI=1S/C26H31N3O3.C25H29N3O4/c1-3-18-5-4-6-19(13-18)21-9-11-28(15-21)17-25-27-23-8-7-20(26(30)31-2)14-24(23)29(25)16-22-10-12-32-22;1-31-25(30)19-5-6-22-23(12-19)28(14-21-8-10-32-21)24(26-22)15-27-9-7-20(13-27)18-4-2-3-17(11-18)16-29/h4-8,13-14,21-22H,3,9-12,15-17H2,1-2H3;2-6,11-12,20-21,29H,7-10,13-16H2,1H3/t21-,22+;20-,21+/m11/s1. The zero-order chi connectivity index (χ0) is 44.2. The number of aryl methyl sites for hydroxylation is 1. The number of hydrogen-bond donors (Lipinski definition) is 1. The normalized spacial score (nSPS) is 21.1. The number of carbonyl (C=O) groups excluding carboxylic acids is 2. The van der Waals surface area contributed by atoms with Crippen LogP contribution in [0.4, 0.5) is 0 Å². The van der Waals surface area contributed by atoms with Crippen molar-refractivity contribution in [3.8, 4) is 0 Å². The lowest BCUT2D eigenvalue weighted by Crippen LogP contribution is -2.32. The van der Waals surface area contributed by atoms with Crippen LogP contribution in [-0.4, -0.2) is 112 Å². The van der Waals surface area contributed by atoms with Gasteiger partial charge in [-0.25, -0.2) is 19.6 Å². The van der Waals surface area contributed by atoms with Crippen LogP contribution in [0.3, 0.4) is 0 Å². The van der Waals surface area contributed by atoms with Crippen molar-refractivity contribution in [1.82, 2.24) is 28.9 Å². The number of aliphatic hydroxyl groups is 1. The summed E-state index contributed by atoms with van der Waals surface area (Å²) in [5, 5.41) is 9.46. The maximum atomic E-state index is 12.1. The molecule has 4 atom stereocenters. The fraction of sp³-hybridized carbons (Fsp3) is 0.451. The molecule has 0 spiro atoms. The molecule has 2 aromatic heterocycles. The van der Waals surface area contributed by atoms with Crippen molar-refractivity contribution >= 4 is 34.0 Å². The lowest BCUT2D eigenvalue weighted by molar-refractivity contribution is -0.0592. The van der Waals surface area contributed by atoms with Crippen LogP contribution in [0, 0.1) is 0 Å². The largest absolute Gasteiger partial charge is 0.465 e. The van der Waals surface area contributed by atoms with E-state index in [1.165, 1.54) is 37.3 Å². The molecule has 4 aromatic carbocycles. The maximum Gasteiger partial charge on any atom is 0.337 e. The van der Waals surface area contributed by atoms with Gasteiger partial charge in [0.1, 0.15) is 11.6 Å². The Kier molecular flexibility index (Phi) is 13.5. The van der Waals surface area contributed by atoms with Crippen molar-refractivity contribution in [2.24, 2.45) is 0 Å². The molecule has 0 saturated carbocycles. The lowest BCUT2D eigenvalue weighted by atomic mass is 9.96. The first kappa shape index (κ1) is 43.8. The van der Waals surface area contributed by atoms with Gasteiger partial charge in [0.05, 0.1) is 92.4 Å². The van der Waals surface area contributed by atoms with Gasteiger partial charge < -0.3 is 33.2 Å². The summed E-state index contributed by atoms with van der Waals surface area (Å²) >= 11 is 0.